The first-order chi connectivity index (χ1) is 10.7. The Morgan fingerprint density at radius 2 is 1.95 bits per heavy atom. The third kappa shape index (κ3) is 3.85. The molecular formula is C16H21N3O3. The Bertz CT molecular complexity index is 551. The molecule has 0 bridgehead atoms. The number of para-hydroxylation sites is 1. The van der Waals surface area contributed by atoms with Crippen LogP contribution in [0.5, 0.6) is 0 Å². The summed E-state index contributed by atoms with van der Waals surface area (Å²) in [5.74, 6) is -0.466. The topological polar surface area (TPSA) is 61.9 Å². The third-order valence-corrected chi connectivity index (χ3v) is 3.62. The van der Waals surface area contributed by atoms with Crippen LogP contribution in [-0.2, 0) is 4.74 Å². The maximum absolute atomic E-state index is 12.3. The molecule has 0 unspecified atom stereocenters. The number of hydrogen-bond acceptors (Lipinski definition) is 4. The van der Waals surface area contributed by atoms with Gasteiger partial charge in [0.05, 0.1) is 18.4 Å². The van der Waals surface area contributed by atoms with E-state index in [4.69, 9.17) is 4.74 Å². The number of methoxy groups -OCH3 is 1. The highest BCUT2D eigenvalue weighted by Crippen LogP contribution is 2.17. The fourth-order valence-electron chi connectivity index (χ4n) is 2.39. The zero-order chi connectivity index (χ0) is 15.9. The van der Waals surface area contributed by atoms with Crippen LogP contribution in [-0.4, -0.2) is 61.6 Å². The number of rotatable bonds is 4. The van der Waals surface area contributed by atoms with Crippen LogP contribution in [0.4, 0.5) is 10.5 Å². The van der Waals surface area contributed by atoms with Gasteiger partial charge in [-0.1, -0.05) is 18.2 Å². The van der Waals surface area contributed by atoms with Gasteiger partial charge in [0.2, 0.25) is 0 Å². The minimum absolute atomic E-state index is 0.199. The molecule has 1 aliphatic rings. The fraction of sp³-hybridized carbons (Fsp3) is 0.375. The van der Waals surface area contributed by atoms with E-state index in [1.165, 1.54) is 7.11 Å². The lowest BCUT2D eigenvalue weighted by Gasteiger charge is -2.34. The van der Waals surface area contributed by atoms with Gasteiger partial charge in [0.25, 0.3) is 0 Å². The Morgan fingerprint density at radius 3 is 2.59 bits per heavy atom. The van der Waals surface area contributed by atoms with Crippen LogP contribution < -0.4 is 5.32 Å². The largest absolute Gasteiger partial charge is 0.465 e. The standard InChI is InChI=1S/C16H21N3O3/c1-3-8-18-9-11-19(12-10-18)16(21)17-14-7-5-4-6-13(14)15(20)22-2/h3-7H,1,8-12H2,2H3,(H,17,21). The van der Waals surface area contributed by atoms with Gasteiger partial charge in [-0.25, -0.2) is 9.59 Å². The van der Waals surface area contributed by atoms with E-state index in [2.05, 4.69) is 16.8 Å². The molecule has 0 saturated carbocycles. The summed E-state index contributed by atoms with van der Waals surface area (Å²) in [5.41, 5.74) is 0.816. The maximum Gasteiger partial charge on any atom is 0.339 e. The number of carbonyl (C=O) groups excluding carboxylic acids is 2. The average molecular weight is 303 g/mol. The summed E-state index contributed by atoms with van der Waals surface area (Å²) >= 11 is 0. The second kappa shape index (κ2) is 7.61. The van der Waals surface area contributed by atoms with Crippen molar-refractivity contribution in [1.29, 1.82) is 0 Å². The summed E-state index contributed by atoms with van der Waals surface area (Å²) in [6, 6.07) is 6.62. The Balaban J connectivity index is 1.98. The molecule has 1 aromatic rings. The van der Waals surface area contributed by atoms with Gasteiger partial charge in [-0.15, -0.1) is 6.58 Å². The highest BCUT2D eigenvalue weighted by molar-refractivity contribution is 6.00. The molecule has 0 aromatic heterocycles. The molecule has 6 nitrogen and oxygen atoms in total. The molecule has 22 heavy (non-hydrogen) atoms. The number of esters is 1. The van der Waals surface area contributed by atoms with E-state index in [1.807, 2.05) is 6.08 Å². The van der Waals surface area contributed by atoms with Gasteiger partial charge in [-0.2, -0.15) is 0 Å². The van der Waals surface area contributed by atoms with E-state index < -0.39 is 5.97 Å². The van der Waals surface area contributed by atoms with Crippen molar-refractivity contribution < 1.29 is 14.3 Å². The first-order valence-corrected chi connectivity index (χ1v) is 7.22. The summed E-state index contributed by atoms with van der Waals surface area (Å²) < 4.78 is 4.73. The number of nitrogens with zero attached hydrogens (tertiary/aromatic N) is 2. The highest BCUT2D eigenvalue weighted by Gasteiger charge is 2.21. The molecule has 0 aliphatic carbocycles. The van der Waals surface area contributed by atoms with E-state index in [0.717, 1.165) is 19.6 Å². The Labute approximate surface area is 130 Å². The number of ether oxygens (including phenoxy) is 1. The van der Waals surface area contributed by atoms with E-state index in [1.54, 1.807) is 29.2 Å². The molecular weight excluding hydrogens is 282 g/mol. The highest BCUT2D eigenvalue weighted by atomic mass is 16.5. The lowest BCUT2D eigenvalue weighted by atomic mass is 10.2. The minimum Gasteiger partial charge on any atom is -0.465 e. The number of piperazine rings is 1. The monoisotopic (exact) mass is 303 g/mol. The molecule has 1 heterocycles. The Hall–Kier alpha value is -2.34. The molecule has 1 saturated heterocycles. The molecule has 2 amide bonds. The van der Waals surface area contributed by atoms with Crippen LogP contribution in [0.15, 0.2) is 36.9 Å². The Kier molecular flexibility index (Phi) is 5.55. The van der Waals surface area contributed by atoms with Gasteiger partial charge in [-0.05, 0) is 12.1 Å². The molecule has 1 N–H and O–H groups in total. The fourth-order valence-corrected chi connectivity index (χ4v) is 2.39. The van der Waals surface area contributed by atoms with Gasteiger partial charge >= 0.3 is 12.0 Å². The lowest BCUT2D eigenvalue weighted by molar-refractivity contribution is 0.0602. The van der Waals surface area contributed by atoms with Crippen LogP contribution in [0.1, 0.15) is 10.4 Å². The second-order valence-corrected chi connectivity index (χ2v) is 5.04. The van der Waals surface area contributed by atoms with E-state index in [-0.39, 0.29) is 6.03 Å². The van der Waals surface area contributed by atoms with Crippen molar-refractivity contribution in [3.05, 3.63) is 42.5 Å². The number of benzene rings is 1. The molecule has 1 aromatic carbocycles. The lowest BCUT2D eigenvalue weighted by Crippen LogP contribution is -2.50. The molecule has 1 aliphatic heterocycles. The van der Waals surface area contributed by atoms with Gasteiger partial charge < -0.3 is 15.0 Å². The number of nitrogens with one attached hydrogen (secondary N) is 1. The number of amides is 2. The van der Waals surface area contributed by atoms with E-state index in [0.29, 0.717) is 24.3 Å². The van der Waals surface area contributed by atoms with Crippen molar-refractivity contribution in [2.24, 2.45) is 0 Å². The van der Waals surface area contributed by atoms with Gasteiger partial charge in [-0.3, -0.25) is 4.90 Å². The normalized spacial score (nSPS) is 15.2. The predicted molar refractivity (Wildman–Crippen MR) is 85.0 cm³/mol. The summed E-state index contributed by atoms with van der Waals surface area (Å²) in [6.07, 6.45) is 1.86. The van der Waals surface area contributed by atoms with Crippen LogP contribution in [0.3, 0.4) is 0 Å². The zero-order valence-electron chi connectivity index (χ0n) is 12.7. The van der Waals surface area contributed by atoms with Crippen molar-refractivity contribution in [3.63, 3.8) is 0 Å². The average Bonchev–Trinajstić information content (AvgIpc) is 2.55. The molecule has 6 heteroatoms. The summed E-state index contributed by atoms with van der Waals surface area (Å²) in [4.78, 5) is 28.0. The SMILES string of the molecule is C=CCN1CCN(C(=O)Nc2ccccc2C(=O)OC)CC1. The summed E-state index contributed by atoms with van der Waals surface area (Å²) in [6.45, 7) is 7.50. The number of anilines is 1. The van der Waals surface area contributed by atoms with Crippen molar-refractivity contribution in [1.82, 2.24) is 9.80 Å². The van der Waals surface area contributed by atoms with Gasteiger partial charge in [0.1, 0.15) is 0 Å². The first-order valence-electron chi connectivity index (χ1n) is 7.22. The quantitative estimate of drug-likeness (QED) is 0.681. The van der Waals surface area contributed by atoms with Crippen molar-refractivity contribution in [3.8, 4) is 0 Å². The van der Waals surface area contributed by atoms with Crippen molar-refractivity contribution >= 4 is 17.7 Å². The number of hydrogen-bond donors (Lipinski definition) is 1. The number of urea groups is 1. The molecule has 1 fully saturated rings. The van der Waals surface area contributed by atoms with Gasteiger partial charge in [0, 0.05) is 32.7 Å². The third-order valence-electron chi connectivity index (χ3n) is 3.62. The first kappa shape index (κ1) is 16.0. The van der Waals surface area contributed by atoms with Gasteiger partial charge in [0.15, 0.2) is 0 Å². The summed E-state index contributed by atoms with van der Waals surface area (Å²) in [7, 11) is 1.32. The predicted octanol–water partition coefficient (Wildman–Crippen LogP) is 1.81. The Morgan fingerprint density at radius 1 is 1.27 bits per heavy atom. The van der Waals surface area contributed by atoms with Crippen LogP contribution in [0, 0.1) is 0 Å². The van der Waals surface area contributed by atoms with Crippen LogP contribution in [0.25, 0.3) is 0 Å². The van der Waals surface area contributed by atoms with Crippen LogP contribution >= 0.6 is 0 Å². The van der Waals surface area contributed by atoms with Crippen molar-refractivity contribution in [2.75, 3.05) is 45.2 Å². The zero-order valence-corrected chi connectivity index (χ0v) is 12.7. The second-order valence-electron chi connectivity index (χ2n) is 5.04. The molecule has 0 radical (unpaired) electrons. The summed E-state index contributed by atoms with van der Waals surface area (Å²) in [5, 5.41) is 2.79. The maximum atomic E-state index is 12.3. The smallest absolute Gasteiger partial charge is 0.339 e. The molecule has 2 rings (SSSR count). The number of carbonyl (C=O) groups is 2. The van der Waals surface area contributed by atoms with Crippen molar-refractivity contribution in [2.45, 2.75) is 0 Å². The van der Waals surface area contributed by atoms with E-state index in [9.17, 15) is 9.59 Å². The van der Waals surface area contributed by atoms with Crippen LogP contribution in [0.2, 0.25) is 0 Å². The molecule has 0 atom stereocenters. The minimum atomic E-state index is -0.466. The van der Waals surface area contributed by atoms with E-state index >= 15 is 0 Å². The molecule has 118 valence electrons. The molecule has 0 spiro atoms.